The average Bonchev–Trinajstić information content (AvgIpc) is 3.47. The lowest BCUT2D eigenvalue weighted by molar-refractivity contribution is -0.166. The SMILES string of the molecule is COc1ccc(Cn2c(=O)ccn([C@@H]3OC([C@H](O)[C@H](NCCCNC(=O)[C@H](N)C(O)C(C)C)C(=O)OC(C)(C)C)[C@@H](O[Si](C)(C)C(C)(C)C)[C@H]3O[Si](C)(C)C(C)(C)C)c2=O)cc1. The molecular formula is C44H77N5O11Si2. The molecule has 1 aliphatic heterocycles. The van der Waals surface area contributed by atoms with Crippen molar-refractivity contribution in [2.75, 3.05) is 20.2 Å². The Morgan fingerprint density at radius 1 is 0.871 bits per heavy atom. The Morgan fingerprint density at radius 2 is 1.42 bits per heavy atom. The number of aliphatic hydroxyl groups is 2. The van der Waals surface area contributed by atoms with Gasteiger partial charge in [0.15, 0.2) is 22.9 Å². The van der Waals surface area contributed by atoms with E-state index in [1.165, 1.54) is 16.8 Å². The minimum atomic E-state index is -2.73. The van der Waals surface area contributed by atoms with Crippen molar-refractivity contribution >= 4 is 28.5 Å². The van der Waals surface area contributed by atoms with Crippen LogP contribution in [-0.2, 0) is 34.5 Å². The first kappa shape index (κ1) is 53.1. The molecule has 18 heteroatoms. The first-order chi connectivity index (χ1) is 28.3. The minimum Gasteiger partial charge on any atom is -0.497 e. The molecule has 2 heterocycles. The van der Waals surface area contributed by atoms with Crippen molar-refractivity contribution in [3.8, 4) is 5.75 Å². The zero-order valence-electron chi connectivity index (χ0n) is 40.0. The second-order valence-corrected chi connectivity index (χ2v) is 30.3. The zero-order valence-corrected chi connectivity index (χ0v) is 42.0. The number of nitrogens with one attached hydrogen (secondary N) is 2. The summed E-state index contributed by atoms with van der Waals surface area (Å²) in [7, 11) is -3.89. The van der Waals surface area contributed by atoms with Crippen LogP contribution in [0.25, 0.3) is 0 Å². The van der Waals surface area contributed by atoms with Crippen LogP contribution in [0, 0.1) is 5.92 Å². The smallest absolute Gasteiger partial charge is 0.333 e. The summed E-state index contributed by atoms with van der Waals surface area (Å²) in [4.78, 5) is 54.6. The number of esters is 1. The quantitative estimate of drug-likeness (QED) is 0.0759. The number of nitrogens with zero attached hydrogens (tertiary/aromatic N) is 2. The van der Waals surface area contributed by atoms with E-state index in [1.54, 1.807) is 66.0 Å². The van der Waals surface area contributed by atoms with E-state index in [4.69, 9.17) is 28.8 Å². The lowest BCUT2D eigenvalue weighted by atomic mass is 9.99. The van der Waals surface area contributed by atoms with E-state index in [0.717, 1.165) is 4.57 Å². The number of carbonyl (C=O) groups excluding carboxylic acids is 2. The van der Waals surface area contributed by atoms with Crippen LogP contribution >= 0.6 is 0 Å². The molecule has 8 atom stereocenters. The van der Waals surface area contributed by atoms with Crippen LogP contribution in [0.5, 0.6) is 5.75 Å². The molecule has 1 saturated heterocycles. The van der Waals surface area contributed by atoms with Crippen molar-refractivity contribution < 1.29 is 42.9 Å². The van der Waals surface area contributed by atoms with Gasteiger partial charge in [-0.2, -0.15) is 0 Å². The molecule has 1 amide bonds. The van der Waals surface area contributed by atoms with Gasteiger partial charge in [-0.25, -0.2) is 4.79 Å². The largest absolute Gasteiger partial charge is 0.497 e. The topological polar surface area (TPSA) is 215 Å². The van der Waals surface area contributed by atoms with E-state index in [-0.39, 0.29) is 35.6 Å². The van der Waals surface area contributed by atoms with Crippen LogP contribution in [0.15, 0.2) is 46.1 Å². The van der Waals surface area contributed by atoms with Gasteiger partial charge in [0.1, 0.15) is 47.9 Å². The number of aromatic nitrogens is 2. The number of carbonyl (C=O) groups is 2. The number of benzene rings is 1. The molecule has 1 fully saturated rings. The predicted molar refractivity (Wildman–Crippen MR) is 245 cm³/mol. The Labute approximate surface area is 370 Å². The van der Waals surface area contributed by atoms with Crippen molar-refractivity contribution in [3.63, 3.8) is 0 Å². The van der Waals surface area contributed by atoms with Gasteiger partial charge in [0.05, 0.1) is 19.8 Å². The van der Waals surface area contributed by atoms with Gasteiger partial charge in [0.25, 0.3) is 5.56 Å². The number of rotatable bonds is 19. The Kier molecular flexibility index (Phi) is 17.8. The highest BCUT2D eigenvalue weighted by Gasteiger charge is 2.57. The molecule has 16 nitrogen and oxygen atoms in total. The Balaban J connectivity index is 2.17. The number of methoxy groups -OCH3 is 1. The third-order valence-corrected chi connectivity index (χ3v) is 21.2. The van der Waals surface area contributed by atoms with Gasteiger partial charge in [-0.3, -0.25) is 23.5 Å². The molecule has 62 heavy (non-hydrogen) atoms. The van der Waals surface area contributed by atoms with Gasteiger partial charge in [0.2, 0.25) is 5.91 Å². The number of amides is 1. The van der Waals surface area contributed by atoms with E-state index in [9.17, 15) is 29.4 Å². The zero-order chi connectivity index (χ0) is 47.3. The second kappa shape index (κ2) is 20.7. The number of hydrogen-bond donors (Lipinski definition) is 5. The third-order valence-electron chi connectivity index (χ3n) is 12.3. The van der Waals surface area contributed by atoms with E-state index in [1.807, 2.05) is 0 Å². The predicted octanol–water partition coefficient (Wildman–Crippen LogP) is 4.26. The highest BCUT2D eigenvalue weighted by atomic mass is 28.4. The fraction of sp³-hybridized carbons (Fsp3) is 0.727. The summed E-state index contributed by atoms with van der Waals surface area (Å²) in [5.41, 5.74) is 4.56. The summed E-state index contributed by atoms with van der Waals surface area (Å²) in [6, 6.07) is 5.87. The highest BCUT2D eigenvalue weighted by Crippen LogP contribution is 2.46. The van der Waals surface area contributed by atoms with Crippen LogP contribution in [0.1, 0.15) is 94.4 Å². The lowest BCUT2D eigenvalue weighted by Crippen LogP contribution is -2.59. The van der Waals surface area contributed by atoms with Crippen LogP contribution < -0.4 is 32.4 Å². The van der Waals surface area contributed by atoms with Gasteiger partial charge in [0, 0.05) is 18.8 Å². The van der Waals surface area contributed by atoms with Crippen molar-refractivity contribution in [3.05, 3.63) is 62.9 Å². The molecule has 1 aromatic heterocycles. The summed E-state index contributed by atoms with van der Waals surface area (Å²) in [6.45, 7) is 29.8. The Hall–Kier alpha value is -3.21. The fourth-order valence-corrected chi connectivity index (χ4v) is 8.97. The Morgan fingerprint density at radius 3 is 1.92 bits per heavy atom. The van der Waals surface area contributed by atoms with Crippen molar-refractivity contribution in [1.82, 2.24) is 19.8 Å². The summed E-state index contributed by atoms with van der Waals surface area (Å²) < 4.78 is 34.8. The van der Waals surface area contributed by atoms with Crippen molar-refractivity contribution in [2.24, 2.45) is 11.7 Å². The van der Waals surface area contributed by atoms with E-state index in [0.29, 0.717) is 17.7 Å². The summed E-state index contributed by atoms with van der Waals surface area (Å²) >= 11 is 0. The maximum atomic E-state index is 14.5. The number of hydrogen-bond acceptors (Lipinski definition) is 13. The second-order valence-electron chi connectivity index (χ2n) is 20.8. The molecular weight excluding hydrogens is 831 g/mol. The molecule has 3 rings (SSSR count). The van der Waals surface area contributed by atoms with E-state index < -0.39 is 94.2 Å². The molecule has 1 aliphatic rings. The van der Waals surface area contributed by atoms with Crippen LogP contribution in [0.3, 0.4) is 0 Å². The molecule has 6 N–H and O–H groups in total. The molecule has 0 aliphatic carbocycles. The van der Waals surface area contributed by atoms with E-state index in [2.05, 4.69) is 78.4 Å². The standard InChI is InChI=1S/C44H77N5O11Si2/c1-27(2)33(51)31(45)38(53)47-24-17-23-46-32(40(54)58-42(3,4)5)34(52)35-36(59-61(13,14)43(6,7)8)37(60-62(15,16)44(9,10)11)39(57-35)48-25-22-30(50)49(41(48)55)26-28-18-20-29(56-12)21-19-28/h18-22,25,27,31-37,39,46,51-52H,17,23-24,26,45H2,1-16H3,(H,47,53)/t31-,32+,33?,34-,35?,36-,37-,39-/m1/s1. The molecule has 0 radical (unpaired) electrons. The maximum absolute atomic E-state index is 14.5. The van der Waals surface area contributed by atoms with E-state index >= 15 is 0 Å². The maximum Gasteiger partial charge on any atom is 0.333 e. The van der Waals surface area contributed by atoms with Crippen LogP contribution in [0.2, 0.25) is 36.3 Å². The molecule has 0 spiro atoms. The third kappa shape index (κ3) is 13.4. The van der Waals surface area contributed by atoms with Crippen LogP contribution in [-0.4, -0.2) is 116 Å². The monoisotopic (exact) mass is 908 g/mol. The fourth-order valence-electron chi connectivity index (χ4n) is 6.38. The molecule has 0 bridgehead atoms. The summed E-state index contributed by atoms with van der Waals surface area (Å²) in [5, 5.41) is 28.1. The normalized spacial score (nSPS) is 21.0. The highest BCUT2D eigenvalue weighted by molar-refractivity contribution is 6.74. The molecule has 1 aromatic carbocycles. The number of aliphatic hydroxyl groups excluding tert-OH is 2. The van der Waals surface area contributed by atoms with Crippen LogP contribution in [0.4, 0.5) is 0 Å². The lowest BCUT2D eigenvalue weighted by Gasteiger charge is -2.44. The van der Waals surface area contributed by atoms with Gasteiger partial charge >= 0.3 is 11.7 Å². The molecule has 0 saturated carbocycles. The molecule has 2 aromatic rings. The van der Waals surface area contributed by atoms with Gasteiger partial charge in [-0.05, 0) is 93.6 Å². The van der Waals surface area contributed by atoms with Gasteiger partial charge < -0.3 is 49.6 Å². The minimum absolute atomic E-state index is 0.0335. The number of nitrogens with two attached hydrogens (primary N) is 1. The van der Waals surface area contributed by atoms with Crippen molar-refractivity contribution in [1.29, 1.82) is 0 Å². The number of ether oxygens (including phenoxy) is 3. The first-order valence-electron chi connectivity index (χ1n) is 21.6. The molecule has 352 valence electrons. The van der Waals surface area contributed by atoms with Gasteiger partial charge in [-0.15, -0.1) is 0 Å². The van der Waals surface area contributed by atoms with Gasteiger partial charge in [-0.1, -0.05) is 67.5 Å². The Bertz CT molecular complexity index is 1920. The molecule has 2 unspecified atom stereocenters. The average molecular weight is 908 g/mol. The van der Waals surface area contributed by atoms with Crippen molar-refractivity contribution in [2.45, 2.75) is 180 Å². The first-order valence-corrected chi connectivity index (χ1v) is 27.5. The summed E-state index contributed by atoms with van der Waals surface area (Å²) in [6.07, 6.45) is -5.36. The summed E-state index contributed by atoms with van der Waals surface area (Å²) in [5.74, 6) is -0.847.